The predicted octanol–water partition coefficient (Wildman–Crippen LogP) is 3.83. The molecule has 0 aliphatic carbocycles. The number of nitrogens with zero attached hydrogens (tertiary/aromatic N) is 3. The highest BCUT2D eigenvalue weighted by atomic mass is 32.2. The summed E-state index contributed by atoms with van der Waals surface area (Å²) in [5.74, 6) is 1.23. The largest absolute Gasteiger partial charge is 0.504 e. The first-order valence-corrected chi connectivity index (χ1v) is 8.82. The molecule has 0 unspecified atom stereocenters. The van der Waals surface area contributed by atoms with Gasteiger partial charge in [-0.1, -0.05) is 42.1 Å². The fourth-order valence-corrected chi connectivity index (χ4v) is 3.20. The summed E-state index contributed by atoms with van der Waals surface area (Å²) in [5, 5.41) is 21.8. The zero-order valence-corrected chi connectivity index (χ0v) is 15.0. The van der Waals surface area contributed by atoms with Crippen LogP contribution in [0.25, 0.3) is 0 Å². The third-order valence-electron chi connectivity index (χ3n) is 3.36. The van der Waals surface area contributed by atoms with E-state index in [9.17, 15) is 5.11 Å². The molecule has 0 bridgehead atoms. The molecule has 6 nitrogen and oxygen atoms in total. The molecule has 0 aliphatic heterocycles. The van der Waals surface area contributed by atoms with Crippen molar-refractivity contribution in [1.29, 1.82) is 0 Å². The summed E-state index contributed by atoms with van der Waals surface area (Å²) < 4.78 is 6.99. The highest BCUT2D eigenvalue weighted by Crippen LogP contribution is 2.25. The van der Waals surface area contributed by atoms with Crippen LogP contribution >= 0.6 is 24.0 Å². The van der Waals surface area contributed by atoms with E-state index in [1.54, 1.807) is 29.1 Å². The fourth-order valence-electron chi connectivity index (χ4n) is 2.11. The Morgan fingerprint density at radius 1 is 1.32 bits per heavy atom. The van der Waals surface area contributed by atoms with Crippen LogP contribution in [0.4, 0.5) is 0 Å². The number of phenols is 1. The van der Waals surface area contributed by atoms with E-state index in [4.69, 9.17) is 17.0 Å². The molecule has 0 fully saturated rings. The normalized spacial score (nSPS) is 11.1. The Balaban J connectivity index is 1.77. The summed E-state index contributed by atoms with van der Waals surface area (Å²) in [5.41, 5.74) is 1.91. The summed E-state index contributed by atoms with van der Waals surface area (Å²) in [6.07, 6.45) is 1.61. The molecule has 1 heterocycles. The summed E-state index contributed by atoms with van der Waals surface area (Å²) >= 11 is 6.77. The monoisotopic (exact) mass is 372 g/mol. The van der Waals surface area contributed by atoms with Gasteiger partial charge in [-0.3, -0.25) is 0 Å². The SMILES string of the molecule is COc1ccc(/C=N\n2c(SCc3ccccc3)n[nH]c2=S)cc1O. The number of rotatable bonds is 6. The fraction of sp³-hybridized carbons (Fsp3) is 0.118. The first kappa shape index (κ1) is 17.2. The van der Waals surface area contributed by atoms with E-state index >= 15 is 0 Å². The van der Waals surface area contributed by atoms with Gasteiger partial charge >= 0.3 is 0 Å². The van der Waals surface area contributed by atoms with Crippen molar-refractivity contribution in [2.24, 2.45) is 5.10 Å². The second kappa shape index (κ2) is 8.00. The Labute approximate surface area is 154 Å². The highest BCUT2D eigenvalue weighted by molar-refractivity contribution is 7.98. The van der Waals surface area contributed by atoms with Gasteiger partial charge in [-0.15, -0.1) is 5.10 Å². The smallest absolute Gasteiger partial charge is 0.217 e. The summed E-state index contributed by atoms with van der Waals surface area (Å²) in [7, 11) is 1.50. The molecule has 3 rings (SSSR count). The van der Waals surface area contributed by atoms with E-state index < -0.39 is 0 Å². The number of benzene rings is 2. The van der Waals surface area contributed by atoms with Crippen molar-refractivity contribution in [2.75, 3.05) is 7.11 Å². The second-order valence-electron chi connectivity index (χ2n) is 5.07. The number of aromatic nitrogens is 3. The quantitative estimate of drug-likeness (QED) is 0.391. The standard InChI is InChI=1S/C17H16N4O2S2/c1-23-15-8-7-13(9-14(15)22)10-18-21-16(24)19-20-17(21)25-11-12-5-3-2-4-6-12/h2-10,22H,11H2,1H3,(H,19,24)/b18-10-. The zero-order chi connectivity index (χ0) is 17.6. The van der Waals surface area contributed by atoms with Gasteiger partial charge < -0.3 is 9.84 Å². The molecule has 2 aromatic carbocycles. The van der Waals surface area contributed by atoms with Gasteiger partial charge in [-0.25, -0.2) is 5.10 Å². The minimum Gasteiger partial charge on any atom is -0.504 e. The maximum absolute atomic E-state index is 9.83. The molecular weight excluding hydrogens is 356 g/mol. The number of phenolic OH excluding ortho intramolecular Hbond substituents is 1. The molecule has 25 heavy (non-hydrogen) atoms. The van der Waals surface area contributed by atoms with Gasteiger partial charge in [0.15, 0.2) is 11.5 Å². The molecule has 8 heteroatoms. The van der Waals surface area contributed by atoms with Crippen LogP contribution in [0.1, 0.15) is 11.1 Å². The van der Waals surface area contributed by atoms with Crippen molar-refractivity contribution in [1.82, 2.24) is 14.9 Å². The van der Waals surface area contributed by atoms with Gasteiger partial charge in [-0.05, 0) is 41.5 Å². The third-order valence-corrected chi connectivity index (χ3v) is 4.62. The zero-order valence-electron chi connectivity index (χ0n) is 13.4. The van der Waals surface area contributed by atoms with Gasteiger partial charge in [0.2, 0.25) is 9.93 Å². The van der Waals surface area contributed by atoms with E-state index in [-0.39, 0.29) is 5.75 Å². The summed E-state index contributed by atoms with van der Waals surface area (Å²) in [6.45, 7) is 0. The lowest BCUT2D eigenvalue weighted by Gasteiger charge is -2.03. The lowest BCUT2D eigenvalue weighted by Crippen LogP contribution is -1.94. The Morgan fingerprint density at radius 2 is 2.12 bits per heavy atom. The average molecular weight is 372 g/mol. The van der Waals surface area contributed by atoms with Crippen molar-refractivity contribution in [3.05, 3.63) is 64.4 Å². The number of nitrogens with one attached hydrogen (secondary N) is 1. The Hall–Kier alpha value is -2.58. The van der Waals surface area contributed by atoms with Crippen molar-refractivity contribution >= 4 is 30.2 Å². The van der Waals surface area contributed by atoms with Crippen molar-refractivity contribution in [2.45, 2.75) is 10.9 Å². The van der Waals surface area contributed by atoms with Gasteiger partial charge in [0.25, 0.3) is 0 Å². The first-order valence-electron chi connectivity index (χ1n) is 7.43. The van der Waals surface area contributed by atoms with E-state index in [1.807, 2.05) is 18.2 Å². The third kappa shape index (κ3) is 4.28. The number of thioether (sulfide) groups is 1. The molecule has 0 saturated heterocycles. The Morgan fingerprint density at radius 3 is 2.84 bits per heavy atom. The molecule has 2 N–H and O–H groups in total. The molecule has 0 spiro atoms. The van der Waals surface area contributed by atoms with Crippen LogP contribution in [-0.4, -0.2) is 33.3 Å². The van der Waals surface area contributed by atoms with E-state index in [2.05, 4.69) is 27.4 Å². The van der Waals surface area contributed by atoms with Crippen LogP contribution in [-0.2, 0) is 5.75 Å². The first-order chi connectivity index (χ1) is 12.2. The molecule has 128 valence electrons. The molecule has 0 saturated carbocycles. The lowest BCUT2D eigenvalue weighted by molar-refractivity contribution is 0.373. The van der Waals surface area contributed by atoms with Crippen LogP contribution in [0.2, 0.25) is 0 Å². The van der Waals surface area contributed by atoms with E-state index in [1.165, 1.54) is 24.4 Å². The maximum Gasteiger partial charge on any atom is 0.217 e. The maximum atomic E-state index is 9.83. The van der Waals surface area contributed by atoms with Gasteiger partial charge in [0, 0.05) is 5.75 Å². The van der Waals surface area contributed by atoms with Gasteiger partial charge in [0.05, 0.1) is 13.3 Å². The molecule has 0 atom stereocenters. The van der Waals surface area contributed by atoms with Crippen molar-refractivity contribution in [3.8, 4) is 11.5 Å². The van der Waals surface area contributed by atoms with Crippen molar-refractivity contribution in [3.63, 3.8) is 0 Å². The van der Waals surface area contributed by atoms with Crippen molar-refractivity contribution < 1.29 is 9.84 Å². The molecule has 3 aromatic rings. The van der Waals surface area contributed by atoms with Gasteiger partial charge in [0.1, 0.15) is 0 Å². The van der Waals surface area contributed by atoms with E-state index in [0.717, 1.165) is 11.3 Å². The van der Waals surface area contributed by atoms with Crippen LogP contribution in [0.5, 0.6) is 11.5 Å². The number of aromatic amines is 1. The molecule has 0 aliphatic rings. The number of ether oxygens (including phenoxy) is 1. The van der Waals surface area contributed by atoms with Gasteiger partial charge in [-0.2, -0.15) is 9.78 Å². The van der Waals surface area contributed by atoms with Crippen LogP contribution in [0, 0.1) is 4.77 Å². The minimum absolute atomic E-state index is 0.0564. The highest BCUT2D eigenvalue weighted by Gasteiger charge is 2.07. The number of aromatic hydroxyl groups is 1. The summed E-state index contributed by atoms with van der Waals surface area (Å²) in [6, 6.07) is 15.1. The topological polar surface area (TPSA) is 75.4 Å². The van der Waals surface area contributed by atoms with Crippen LogP contribution in [0.3, 0.4) is 0 Å². The van der Waals surface area contributed by atoms with Crippen LogP contribution in [0.15, 0.2) is 58.8 Å². The molecule has 0 radical (unpaired) electrons. The number of methoxy groups -OCH3 is 1. The summed E-state index contributed by atoms with van der Waals surface area (Å²) in [4.78, 5) is 0. The number of H-pyrrole nitrogens is 1. The average Bonchev–Trinajstić information content (AvgIpc) is 2.99. The second-order valence-corrected chi connectivity index (χ2v) is 6.40. The number of hydrogen-bond donors (Lipinski definition) is 2. The molecular formula is C17H16N4O2S2. The Kier molecular flexibility index (Phi) is 5.52. The predicted molar refractivity (Wildman–Crippen MR) is 101 cm³/mol. The Bertz CT molecular complexity index is 935. The lowest BCUT2D eigenvalue weighted by atomic mass is 10.2. The number of hydrogen-bond acceptors (Lipinski definition) is 6. The minimum atomic E-state index is 0.0564. The van der Waals surface area contributed by atoms with E-state index in [0.29, 0.717) is 15.7 Å². The molecule has 1 aromatic heterocycles. The van der Waals surface area contributed by atoms with Crippen LogP contribution < -0.4 is 4.74 Å². The molecule has 0 amide bonds.